The van der Waals surface area contributed by atoms with Gasteiger partial charge in [-0.25, -0.2) is 4.98 Å². The van der Waals surface area contributed by atoms with Gasteiger partial charge in [0.05, 0.1) is 0 Å². The smallest absolute Gasteiger partial charge is 0.248 e. The van der Waals surface area contributed by atoms with Crippen molar-refractivity contribution in [1.82, 2.24) is 9.97 Å². The lowest BCUT2D eigenvalue weighted by molar-refractivity contribution is 0.464. The van der Waals surface area contributed by atoms with Crippen molar-refractivity contribution < 1.29 is 4.74 Å². The molecule has 0 radical (unpaired) electrons. The molecule has 5 nitrogen and oxygen atoms in total. The minimum absolute atomic E-state index is 0.332. The summed E-state index contributed by atoms with van der Waals surface area (Å²) in [6.07, 6.45) is 1.43. The van der Waals surface area contributed by atoms with E-state index in [1.807, 2.05) is 56.3 Å². The molecule has 0 bridgehead atoms. The second-order valence-corrected chi connectivity index (χ2v) is 5.36. The Hall–Kier alpha value is -3.08. The van der Waals surface area contributed by atoms with Crippen molar-refractivity contribution in [2.75, 3.05) is 11.1 Å². The Balaban J connectivity index is 1.87. The second-order valence-electron chi connectivity index (χ2n) is 5.36. The molecule has 0 aliphatic heterocycles. The van der Waals surface area contributed by atoms with Gasteiger partial charge in [-0.2, -0.15) is 4.98 Å². The SMILES string of the molecule is Cc1cc(C)cc(Nc2ncnc(Oc3ccccc3)c2N)c1. The van der Waals surface area contributed by atoms with Gasteiger partial charge >= 0.3 is 0 Å². The lowest BCUT2D eigenvalue weighted by Gasteiger charge is -2.12. The van der Waals surface area contributed by atoms with E-state index in [0.29, 0.717) is 23.1 Å². The zero-order valence-electron chi connectivity index (χ0n) is 13.1. The van der Waals surface area contributed by atoms with Gasteiger partial charge in [0.25, 0.3) is 0 Å². The molecule has 0 aliphatic carbocycles. The number of nitrogen functional groups attached to an aromatic ring is 1. The van der Waals surface area contributed by atoms with Gasteiger partial charge in [0.2, 0.25) is 5.88 Å². The molecule has 3 aromatic rings. The Bertz CT molecular complexity index is 798. The third-order valence-electron chi connectivity index (χ3n) is 3.29. The third kappa shape index (κ3) is 3.58. The summed E-state index contributed by atoms with van der Waals surface area (Å²) in [5.41, 5.74) is 9.78. The zero-order valence-corrected chi connectivity index (χ0v) is 13.1. The summed E-state index contributed by atoms with van der Waals surface area (Å²) in [6, 6.07) is 15.6. The molecule has 0 amide bonds. The fourth-order valence-electron chi connectivity index (χ4n) is 2.34. The minimum Gasteiger partial charge on any atom is -0.437 e. The Labute approximate surface area is 135 Å². The van der Waals surface area contributed by atoms with Gasteiger partial charge in [0.15, 0.2) is 5.82 Å². The topological polar surface area (TPSA) is 73.1 Å². The molecule has 0 atom stereocenters. The second kappa shape index (κ2) is 6.36. The van der Waals surface area contributed by atoms with E-state index in [1.54, 1.807) is 0 Å². The first-order chi connectivity index (χ1) is 11.1. The first-order valence-corrected chi connectivity index (χ1v) is 7.30. The summed E-state index contributed by atoms with van der Waals surface area (Å²) in [4.78, 5) is 8.32. The maximum Gasteiger partial charge on any atom is 0.248 e. The number of hydrogen-bond donors (Lipinski definition) is 2. The van der Waals surface area contributed by atoms with Crippen molar-refractivity contribution in [3.8, 4) is 11.6 Å². The normalized spacial score (nSPS) is 10.3. The van der Waals surface area contributed by atoms with Gasteiger partial charge in [0.1, 0.15) is 17.8 Å². The molecule has 1 aromatic heterocycles. The lowest BCUT2D eigenvalue weighted by Crippen LogP contribution is -2.03. The highest BCUT2D eigenvalue weighted by Crippen LogP contribution is 2.31. The number of benzene rings is 2. The van der Waals surface area contributed by atoms with Crippen molar-refractivity contribution in [3.63, 3.8) is 0 Å². The highest BCUT2D eigenvalue weighted by atomic mass is 16.5. The van der Waals surface area contributed by atoms with E-state index in [4.69, 9.17) is 10.5 Å². The van der Waals surface area contributed by atoms with Crippen LogP contribution in [0.3, 0.4) is 0 Å². The zero-order chi connectivity index (χ0) is 16.2. The predicted molar refractivity (Wildman–Crippen MR) is 92.2 cm³/mol. The van der Waals surface area contributed by atoms with Crippen LogP contribution in [0, 0.1) is 13.8 Å². The van der Waals surface area contributed by atoms with Crippen LogP contribution in [0.1, 0.15) is 11.1 Å². The van der Waals surface area contributed by atoms with Crippen molar-refractivity contribution in [2.45, 2.75) is 13.8 Å². The number of rotatable bonds is 4. The summed E-state index contributed by atoms with van der Waals surface area (Å²) in [5, 5.41) is 3.22. The molecule has 0 saturated carbocycles. The Morgan fingerprint density at radius 1 is 0.957 bits per heavy atom. The van der Waals surface area contributed by atoms with E-state index in [2.05, 4.69) is 21.4 Å². The van der Waals surface area contributed by atoms with E-state index in [-0.39, 0.29) is 0 Å². The summed E-state index contributed by atoms with van der Waals surface area (Å²) in [6.45, 7) is 4.09. The monoisotopic (exact) mass is 306 g/mol. The third-order valence-corrected chi connectivity index (χ3v) is 3.29. The Morgan fingerprint density at radius 2 is 1.65 bits per heavy atom. The molecule has 0 fully saturated rings. The fraction of sp³-hybridized carbons (Fsp3) is 0.111. The summed E-state index contributed by atoms with van der Waals surface area (Å²) in [5.74, 6) is 1.53. The van der Waals surface area contributed by atoms with Gasteiger partial charge in [-0.15, -0.1) is 0 Å². The number of nitrogens with two attached hydrogens (primary N) is 1. The predicted octanol–water partition coefficient (Wildman–Crippen LogP) is 4.21. The van der Waals surface area contributed by atoms with Crippen LogP contribution in [0.4, 0.5) is 17.2 Å². The number of ether oxygens (including phenoxy) is 1. The highest BCUT2D eigenvalue weighted by molar-refractivity contribution is 5.72. The van der Waals surface area contributed by atoms with Crippen LogP contribution < -0.4 is 15.8 Å². The largest absolute Gasteiger partial charge is 0.437 e. The molecule has 0 spiro atoms. The van der Waals surface area contributed by atoms with Gasteiger partial charge < -0.3 is 15.8 Å². The number of nitrogens with one attached hydrogen (secondary N) is 1. The summed E-state index contributed by atoms with van der Waals surface area (Å²) < 4.78 is 5.72. The van der Waals surface area contributed by atoms with Crippen LogP contribution in [0.5, 0.6) is 11.6 Å². The first-order valence-electron chi connectivity index (χ1n) is 7.30. The van der Waals surface area contributed by atoms with E-state index in [0.717, 1.165) is 5.69 Å². The van der Waals surface area contributed by atoms with Gasteiger partial charge in [0, 0.05) is 5.69 Å². The Morgan fingerprint density at radius 3 is 2.35 bits per heavy atom. The van der Waals surface area contributed by atoms with Crippen LogP contribution in [0.25, 0.3) is 0 Å². The molecule has 5 heteroatoms. The fourth-order valence-corrected chi connectivity index (χ4v) is 2.34. The lowest BCUT2D eigenvalue weighted by atomic mass is 10.1. The van der Waals surface area contributed by atoms with Crippen molar-refractivity contribution in [1.29, 1.82) is 0 Å². The molecular weight excluding hydrogens is 288 g/mol. The minimum atomic E-state index is 0.332. The molecule has 23 heavy (non-hydrogen) atoms. The average Bonchev–Trinajstić information content (AvgIpc) is 2.51. The molecule has 0 unspecified atom stereocenters. The number of aromatic nitrogens is 2. The first kappa shape index (κ1) is 14.8. The molecule has 3 N–H and O–H groups in total. The van der Waals surface area contributed by atoms with Crippen LogP contribution >= 0.6 is 0 Å². The van der Waals surface area contributed by atoms with Crippen LogP contribution in [-0.2, 0) is 0 Å². The van der Waals surface area contributed by atoms with E-state index < -0.39 is 0 Å². The standard InChI is InChI=1S/C18H18N4O/c1-12-8-13(2)10-14(9-12)22-17-16(19)18(21-11-20-17)23-15-6-4-3-5-7-15/h3-11H,19H2,1-2H3,(H,20,21,22). The van der Waals surface area contributed by atoms with Gasteiger partial charge in [-0.3, -0.25) is 0 Å². The molecule has 116 valence electrons. The molecular formula is C18H18N4O. The number of anilines is 3. The molecule has 2 aromatic carbocycles. The summed E-state index contributed by atoms with van der Waals surface area (Å²) in [7, 11) is 0. The number of para-hydroxylation sites is 1. The molecule has 3 rings (SSSR count). The van der Waals surface area contributed by atoms with Crippen LogP contribution in [0.15, 0.2) is 54.9 Å². The highest BCUT2D eigenvalue weighted by Gasteiger charge is 2.10. The number of nitrogens with zero attached hydrogens (tertiary/aromatic N) is 2. The van der Waals surface area contributed by atoms with E-state index in [1.165, 1.54) is 17.5 Å². The van der Waals surface area contributed by atoms with Crippen LogP contribution in [-0.4, -0.2) is 9.97 Å². The number of aryl methyl sites for hydroxylation is 2. The van der Waals surface area contributed by atoms with Gasteiger partial charge in [-0.05, 0) is 49.2 Å². The quantitative estimate of drug-likeness (QED) is 0.755. The van der Waals surface area contributed by atoms with Crippen LogP contribution in [0.2, 0.25) is 0 Å². The Kier molecular flexibility index (Phi) is 4.10. The summed E-state index contributed by atoms with van der Waals surface area (Å²) >= 11 is 0. The van der Waals surface area contributed by atoms with Gasteiger partial charge in [-0.1, -0.05) is 24.3 Å². The van der Waals surface area contributed by atoms with E-state index in [9.17, 15) is 0 Å². The molecule has 1 heterocycles. The maximum absolute atomic E-state index is 6.14. The van der Waals surface area contributed by atoms with Crippen molar-refractivity contribution >= 4 is 17.2 Å². The van der Waals surface area contributed by atoms with E-state index >= 15 is 0 Å². The maximum atomic E-state index is 6.14. The molecule has 0 aliphatic rings. The average molecular weight is 306 g/mol. The molecule has 0 saturated heterocycles. The number of hydrogen-bond acceptors (Lipinski definition) is 5. The van der Waals surface area contributed by atoms with Crippen molar-refractivity contribution in [3.05, 3.63) is 66.0 Å². The van der Waals surface area contributed by atoms with Crippen molar-refractivity contribution in [2.24, 2.45) is 0 Å².